The number of aromatic hydroxyl groups is 1. The second-order valence-electron chi connectivity index (χ2n) is 3.99. The topological polar surface area (TPSA) is 99.5 Å². The average molecular weight is 327 g/mol. The molecule has 108 valence electrons. The number of benzene rings is 1. The number of nitrogens with zero attached hydrogens (tertiary/aromatic N) is 1. The molecule has 0 saturated heterocycles. The third-order valence-electron chi connectivity index (χ3n) is 2.52. The number of pyridine rings is 1. The van der Waals surface area contributed by atoms with Crippen LogP contribution in [0, 0.1) is 0 Å². The highest BCUT2D eigenvalue weighted by Gasteiger charge is 2.13. The lowest BCUT2D eigenvalue weighted by molar-refractivity contribution is 0.0696. The lowest BCUT2D eigenvalue weighted by Crippen LogP contribution is -2.13. The number of phenols is 1. The predicted octanol–water partition coefficient (Wildman–Crippen LogP) is 3.04. The van der Waals surface area contributed by atoms with Crippen LogP contribution in [0.15, 0.2) is 30.3 Å². The van der Waals surface area contributed by atoms with Crippen molar-refractivity contribution in [1.29, 1.82) is 0 Å². The largest absolute Gasteiger partial charge is 0.506 e. The lowest BCUT2D eigenvalue weighted by atomic mass is 10.1. The molecule has 2 rings (SSSR count). The molecule has 1 heterocycles. The van der Waals surface area contributed by atoms with Crippen LogP contribution in [-0.4, -0.2) is 27.1 Å². The Hall–Kier alpha value is -2.31. The number of hydrogen-bond donors (Lipinski definition) is 3. The van der Waals surface area contributed by atoms with Gasteiger partial charge in [-0.3, -0.25) is 4.79 Å². The van der Waals surface area contributed by atoms with Crippen molar-refractivity contribution in [3.05, 3.63) is 51.8 Å². The van der Waals surface area contributed by atoms with Crippen LogP contribution >= 0.6 is 23.2 Å². The third-order valence-corrected chi connectivity index (χ3v) is 2.90. The van der Waals surface area contributed by atoms with E-state index in [0.29, 0.717) is 0 Å². The van der Waals surface area contributed by atoms with Crippen molar-refractivity contribution < 1.29 is 19.8 Å². The van der Waals surface area contributed by atoms with Gasteiger partial charge in [-0.1, -0.05) is 23.2 Å². The zero-order chi connectivity index (χ0) is 15.6. The second kappa shape index (κ2) is 5.99. The first kappa shape index (κ1) is 15.1. The molecular formula is C13H8Cl2N2O4. The highest BCUT2D eigenvalue weighted by atomic mass is 35.5. The molecule has 0 saturated carbocycles. The van der Waals surface area contributed by atoms with E-state index in [0.717, 1.165) is 6.07 Å². The summed E-state index contributed by atoms with van der Waals surface area (Å²) in [6.07, 6.45) is 0. The number of carboxylic acid groups (broad SMARTS) is 1. The molecule has 0 radical (unpaired) electrons. The molecule has 2 aromatic rings. The Labute approximate surface area is 129 Å². The summed E-state index contributed by atoms with van der Waals surface area (Å²) in [5, 5.41) is 21.0. The maximum Gasteiger partial charge on any atom is 0.335 e. The number of hydrogen-bond acceptors (Lipinski definition) is 4. The van der Waals surface area contributed by atoms with Gasteiger partial charge < -0.3 is 15.5 Å². The van der Waals surface area contributed by atoms with Gasteiger partial charge >= 0.3 is 5.97 Å². The zero-order valence-electron chi connectivity index (χ0n) is 10.3. The highest BCUT2D eigenvalue weighted by molar-refractivity contribution is 6.33. The van der Waals surface area contributed by atoms with Crippen molar-refractivity contribution in [1.82, 2.24) is 4.98 Å². The number of carbonyl (C=O) groups excluding carboxylic acids is 1. The van der Waals surface area contributed by atoms with Crippen molar-refractivity contribution in [3.63, 3.8) is 0 Å². The van der Waals surface area contributed by atoms with Crippen LogP contribution < -0.4 is 5.32 Å². The van der Waals surface area contributed by atoms with Gasteiger partial charge in [0.2, 0.25) is 0 Å². The number of carboxylic acids is 1. The predicted molar refractivity (Wildman–Crippen MR) is 77.3 cm³/mol. The number of amides is 1. The summed E-state index contributed by atoms with van der Waals surface area (Å²) in [7, 11) is 0. The molecule has 0 aliphatic carbocycles. The van der Waals surface area contributed by atoms with E-state index in [9.17, 15) is 14.7 Å². The fraction of sp³-hybridized carbons (Fsp3) is 0. The normalized spacial score (nSPS) is 10.2. The van der Waals surface area contributed by atoms with Gasteiger partial charge in [0.25, 0.3) is 5.91 Å². The summed E-state index contributed by atoms with van der Waals surface area (Å²) in [6, 6.07) is 6.11. The number of anilines is 1. The van der Waals surface area contributed by atoms with Crippen LogP contribution in [0.4, 0.5) is 5.69 Å². The Morgan fingerprint density at radius 3 is 2.24 bits per heavy atom. The van der Waals surface area contributed by atoms with Gasteiger partial charge in [-0.05, 0) is 30.3 Å². The average Bonchev–Trinajstić information content (AvgIpc) is 2.39. The van der Waals surface area contributed by atoms with Crippen molar-refractivity contribution in [3.8, 4) is 5.75 Å². The molecule has 0 aliphatic heterocycles. The fourth-order valence-corrected chi connectivity index (χ4v) is 2.02. The maximum atomic E-state index is 12.0. The Bertz CT molecular complexity index is 714. The van der Waals surface area contributed by atoms with Crippen LogP contribution in [0.1, 0.15) is 20.7 Å². The third kappa shape index (κ3) is 3.62. The molecule has 1 aromatic carbocycles. The van der Waals surface area contributed by atoms with Crippen molar-refractivity contribution in [2.24, 2.45) is 0 Å². The lowest BCUT2D eigenvalue weighted by Gasteiger charge is -2.08. The Kier molecular flexibility index (Phi) is 4.30. The van der Waals surface area contributed by atoms with Crippen molar-refractivity contribution in [2.45, 2.75) is 0 Å². The number of halogens is 2. The number of aromatic nitrogens is 1. The monoisotopic (exact) mass is 326 g/mol. The molecule has 3 N–H and O–H groups in total. The first-order valence-corrected chi connectivity index (χ1v) is 6.33. The molecule has 0 fully saturated rings. The quantitative estimate of drug-likeness (QED) is 0.594. The van der Waals surface area contributed by atoms with Crippen LogP contribution in [0.25, 0.3) is 0 Å². The van der Waals surface area contributed by atoms with Gasteiger partial charge in [-0.2, -0.15) is 0 Å². The summed E-state index contributed by atoms with van der Waals surface area (Å²) in [4.78, 5) is 26.6. The Morgan fingerprint density at radius 1 is 1.05 bits per heavy atom. The van der Waals surface area contributed by atoms with Gasteiger partial charge in [0, 0.05) is 5.56 Å². The molecule has 21 heavy (non-hydrogen) atoms. The van der Waals surface area contributed by atoms with Crippen molar-refractivity contribution >= 4 is 40.8 Å². The minimum atomic E-state index is -1.18. The van der Waals surface area contributed by atoms with Crippen LogP contribution in [0.5, 0.6) is 5.75 Å². The first-order chi connectivity index (χ1) is 9.86. The number of carbonyl (C=O) groups is 2. The Morgan fingerprint density at radius 2 is 1.67 bits per heavy atom. The second-order valence-corrected chi connectivity index (χ2v) is 4.77. The molecule has 0 atom stereocenters. The molecule has 1 amide bonds. The number of phenolic OH excluding ortho intramolecular Hbond substituents is 1. The SMILES string of the molecule is O=C(O)c1ccc(O)c(NC(=O)c2cc(Cl)nc(Cl)c2)c1. The summed E-state index contributed by atoms with van der Waals surface area (Å²) in [6.45, 7) is 0. The fourth-order valence-electron chi connectivity index (χ4n) is 1.56. The number of aromatic carboxylic acids is 1. The molecule has 0 spiro atoms. The van der Waals surface area contributed by atoms with Gasteiger partial charge in [0.1, 0.15) is 16.1 Å². The Balaban J connectivity index is 2.31. The van der Waals surface area contributed by atoms with Gasteiger partial charge in [-0.15, -0.1) is 0 Å². The number of rotatable bonds is 3. The van der Waals surface area contributed by atoms with E-state index >= 15 is 0 Å². The molecule has 0 aliphatic rings. The molecular weight excluding hydrogens is 319 g/mol. The molecule has 1 aromatic heterocycles. The smallest absolute Gasteiger partial charge is 0.335 e. The van der Waals surface area contributed by atoms with Crippen LogP contribution in [0.3, 0.4) is 0 Å². The van der Waals surface area contributed by atoms with Crippen LogP contribution in [-0.2, 0) is 0 Å². The van der Waals surface area contributed by atoms with Gasteiger partial charge in [0.15, 0.2) is 0 Å². The van der Waals surface area contributed by atoms with E-state index < -0.39 is 11.9 Å². The van der Waals surface area contributed by atoms with E-state index in [4.69, 9.17) is 28.3 Å². The minimum absolute atomic E-state index is 0.0380. The highest BCUT2D eigenvalue weighted by Crippen LogP contribution is 2.25. The first-order valence-electron chi connectivity index (χ1n) is 5.57. The van der Waals surface area contributed by atoms with E-state index in [1.807, 2.05) is 0 Å². The summed E-state index contributed by atoms with van der Waals surface area (Å²) >= 11 is 11.4. The summed E-state index contributed by atoms with van der Waals surface area (Å²) in [5.74, 6) is -2.06. The van der Waals surface area contributed by atoms with Gasteiger partial charge in [0.05, 0.1) is 11.3 Å². The molecule has 8 heteroatoms. The van der Waals surface area contributed by atoms with E-state index in [2.05, 4.69) is 10.3 Å². The zero-order valence-corrected chi connectivity index (χ0v) is 11.8. The van der Waals surface area contributed by atoms with Gasteiger partial charge in [-0.25, -0.2) is 9.78 Å². The molecule has 0 bridgehead atoms. The van der Waals surface area contributed by atoms with Crippen molar-refractivity contribution in [2.75, 3.05) is 5.32 Å². The summed E-state index contributed by atoms with van der Waals surface area (Å²) < 4.78 is 0. The minimum Gasteiger partial charge on any atom is -0.506 e. The maximum absolute atomic E-state index is 12.0. The van der Waals surface area contributed by atoms with Crippen LogP contribution in [0.2, 0.25) is 10.3 Å². The number of nitrogens with one attached hydrogen (secondary N) is 1. The standard InChI is InChI=1S/C13H8Cl2N2O4/c14-10-4-7(5-11(15)17-10)12(19)16-8-3-6(13(20)21)1-2-9(8)18/h1-5,18H,(H,16,19)(H,20,21). The summed E-state index contributed by atoms with van der Waals surface area (Å²) in [5.41, 5.74) is 0.0120. The van der Waals surface area contributed by atoms with E-state index in [-0.39, 0.29) is 32.9 Å². The molecule has 0 unspecified atom stereocenters. The molecule has 6 nitrogen and oxygen atoms in total. The van der Waals surface area contributed by atoms with E-state index in [1.54, 1.807) is 0 Å². The van der Waals surface area contributed by atoms with E-state index in [1.165, 1.54) is 24.3 Å².